The first-order valence-corrected chi connectivity index (χ1v) is 18.8. The molecule has 0 aromatic carbocycles. The molecule has 2 heterocycles. The maximum Gasteiger partial charge on any atom is 0.316 e. The van der Waals surface area contributed by atoms with Gasteiger partial charge in [0.05, 0.1) is 31.2 Å². The third-order valence-electron chi connectivity index (χ3n) is 10.2. The number of carboxylic acid groups (broad SMARTS) is 1. The maximum absolute atomic E-state index is 14.5. The van der Waals surface area contributed by atoms with E-state index in [0.29, 0.717) is 32.1 Å². The lowest BCUT2D eigenvalue weighted by Crippen LogP contribution is -2.59. The highest BCUT2D eigenvalue weighted by molar-refractivity contribution is 5.84. The first-order valence-electron chi connectivity index (χ1n) is 18.8. The molecule has 2 saturated heterocycles. The van der Waals surface area contributed by atoms with Gasteiger partial charge in [0.1, 0.15) is 43.2 Å². The van der Waals surface area contributed by atoms with Crippen LogP contribution in [0.3, 0.4) is 0 Å². The van der Waals surface area contributed by atoms with Gasteiger partial charge in [0.2, 0.25) is 6.29 Å². The number of aliphatic hydroxyl groups excluding tert-OH is 10. The summed E-state index contributed by atoms with van der Waals surface area (Å²) in [6, 6.07) is 0. The van der Waals surface area contributed by atoms with Gasteiger partial charge in [-0.15, -0.1) is 0 Å². The van der Waals surface area contributed by atoms with E-state index in [1.54, 1.807) is 12.2 Å². The quantitative estimate of drug-likeness (QED) is 0.0277. The molecule has 0 aromatic rings. The molecule has 2 fully saturated rings. The summed E-state index contributed by atoms with van der Waals surface area (Å²) >= 11 is 0. The largest absolute Gasteiger partial charge is 0.481 e. The minimum atomic E-state index is -2.62. The highest BCUT2D eigenvalue weighted by Crippen LogP contribution is 2.44. The van der Waals surface area contributed by atoms with Gasteiger partial charge in [-0.05, 0) is 38.0 Å². The second-order valence-corrected chi connectivity index (χ2v) is 14.2. The molecule has 12 unspecified atom stereocenters. The Bertz CT molecular complexity index is 1150. The molecule has 0 radical (unpaired) electrons. The number of unbranched alkanes of at least 4 members (excludes halogenated alkanes) is 6. The zero-order valence-electron chi connectivity index (χ0n) is 30.9. The van der Waals surface area contributed by atoms with Crippen LogP contribution in [0, 0.1) is 11.3 Å². The van der Waals surface area contributed by atoms with Crippen molar-refractivity contribution in [3.8, 4) is 0 Å². The van der Waals surface area contributed by atoms with Crippen LogP contribution in [-0.2, 0) is 33.3 Å². The van der Waals surface area contributed by atoms with E-state index in [0.717, 1.165) is 25.7 Å². The number of allylic oxidation sites excluding steroid dienone is 1. The first-order chi connectivity index (χ1) is 25.7. The highest BCUT2D eigenvalue weighted by Gasteiger charge is 2.60. The Hall–Kier alpha value is -2.33. The molecule has 0 amide bonds. The van der Waals surface area contributed by atoms with Crippen molar-refractivity contribution in [1.82, 2.24) is 0 Å². The molecule has 54 heavy (non-hydrogen) atoms. The second-order valence-electron chi connectivity index (χ2n) is 14.2. The van der Waals surface area contributed by atoms with Crippen LogP contribution in [0.2, 0.25) is 0 Å². The topological polar surface area (TPSA) is 311 Å². The van der Waals surface area contributed by atoms with E-state index in [4.69, 9.17) is 24.1 Å². The number of hydrogen-bond acceptors (Lipinski definition) is 17. The summed E-state index contributed by atoms with van der Waals surface area (Å²) in [7, 11) is 0. The normalized spacial score (nSPS) is 30.9. The lowest BCUT2D eigenvalue weighted by molar-refractivity contribution is -0.294. The molecule has 0 bridgehead atoms. The Kier molecular flexibility index (Phi) is 21.0. The minimum Gasteiger partial charge on any atom is -0.481 e. The molecule has 18 heteroatoms. The van der Waals surface area contributed by atoms with Crippen LogP contribution in [0.5, 0.6) is 0 Å². The number of hydrogen-bond donors (Lipinski definition) is 11. The molecule has 2 aliphatic rings. The number of carbonyl (C=O) groups excluding carboxylic acids is 2. The van der Waals surface area contributed by atoms with Crippen molar-refractivity contribution >= 4 is 17.9 Å². The van der Waals surface area contributed by atoms with E-state index >= 15 is 0 Å². The molecule has 0 saturated carbocycles. The number of aliphatic carboxylic acids is 1. The fraction of sp³-hybridized carbons (Fsp3) is 0.861. The Labute approximate surface area is 314 Å². The van der Waals surface area contributed by atoms with E-state index in [1.807, 2.05) is 0 Å². The lowest BCUT2D eigenvalue weighted by atomic mass is 9.68. The molecule has 0 aliphatic carbocycles. The van der Waals surface area contributed by atoms with Crippen molar-refractivity contribution in [3.05, 3.63) is 12.2 Å². The van der Waals surface area contributed by atoms with Gasteiger partial charge in [-0.2, -0.15) is 0 Å². The Morgan fingerprint density at radius 2 is 1.48 bits per heavy atom. The molecule has 2 rings (SSSR count). The number of carboxylic acids is 1. The number of esters is 2. The summed E-state index contributed by atoms with van der Waals surface area (Å²) in [5.74, 6) is -7.14. The summed E-state index contributed by atoms with van der Waals surface area (Å²) < 4.78 is 21.7. The monoisotopic (exact) mass is 782 g/mol. The number of ether oxygens (including phenoxy) is 4. The average Bonchev–Trinajstić information content (AvgIpc) is 3.38. The summed E-state index contributed by atoms with van der Waals surface area (Å²) in [5.41, 5.74) is -2.11. The molecular weight excluding hydrogens is 720 g/mol. The van der Waals surface area contributed by atoms with E-state index in [-0.39, 0.29) is 19.3 Å². The molecule has 2 aliphatic heterocycles. The Morgan fingerprint density at radius 3 is 2.07 bits per heavy atom. The third-order valence-corrected chi connectivity index (χ3v) is 10.2. The summed E-state index contributed by atoms with van der Waals surface area (Å²) in [6.45, 7) is -1.53. The molecule has 11 N–H and O–H groups in total. The van der Waals surface area contributed by atoms with E-state index in [1.165, 1.54) is 0 Å². The summed E-state index contributed by atoms with van der Waals surface area (Å²) in [6.07, 6.45) is -7.21. The smallest absolute Gasteiger partial charge is 0.316 e. The van der Waals surface area contributed by atoms with Crippen molar-refractivity contribution in [1.29, 1.82) is 0 Å². The van der Waals surface area contributed by atoms with E-state index < -0.39 is 129 Å². The molecule has 0 spiro atoms. The van der Waals surface area contributed by atoms with Crippen LogP contribution in [0.25, 0.3) is 0 Å². The van der Waals surface area contributed by atoms with E-state index in [9.17, 15) is 65.4 Å². The standard InChI is InChI=1S/C36H62O18/c1-2-3-4-8-13-23(41)14-10-12-22(11-7-5-6-9-15-26(42)43)35(16-17-37,34(50)54-36(21-40)32(49)29(46)25(20-39)53-36)18-27(44)52-33-31(48)30(47)28(45)24(19-38)51-33/h10,12,22-25,28-33,37-41,45-49H,2-9,11,13-21H2,1H3,(H,42,43). The van der Waals surface area contributed by atoms with Crippen molar-refractivity contribution < 1.29 is 89.5 Å². The summed E-state index contributed by atoms with van der Waals surface area (Å²) in [5, 5.41) is 112. The average molecular weight is 783 g/mol. The van der Waals surface area contributed by atoms with Gasteiger partial charge in [0, 0.05) is 13.0 Å². The van der Waals surface area contributed by atoms with Gasteiger partial charge in [0.15, 0.2) is 6.10 Å². The fourth-order valence-corrected chi connectivity index (χ4v) is 6.91. The van der Waals surface area contributed by atoms with Crippen LogP contribution in [-0.4, -0.2) is 161 Å². The van der Waals surface area contributed by atoms with E-state index in [2.05, 4.69) is 6.92 Å². The van der Waals surface area contributed by atoms with Crippen LogP contribution >= 0.6 is 0 Å². The van der Waals surface area contributed by atoms with Crippen LogP contribution in [0.15, 0.2) is 12.2 Å². The molecule has 0 aromatic heterocycles. The van der Waals surface area contributed by atoms with Gasteiger partial charge in [0.25, 0.3) is 5.79 Å². The predicted octanol–water partition coefficient (Wildman–Crippen LogP) is -1.25. The maximum atomic E-state index is 14.5. The van der Waals surface area contributed by atoms with Crippen molar-refractivity contribution in [3.63, 3.8) is 0 Å². The van der Waals surface area contributed by atoms with Crippen LogP contribution < -0.4 is 0 Å². The molecule has 314 valence electrons. The van der Waals surface area contributed by atoms with Crippen LogP contribution in [0.4, 0.5) is 0 Å². The number of aliphatic hydroxyl groups is 10. The SMILES string of the molecule is CCCCCCC(O)CC=CC(CCCCCCC(=O)O)C(CCO)(CC(=O)OC1OC(CO)C(O)C(O)C1O)C(=O)OC1(CO)OC(CO)C(O)C1O. The van der Waals surface area contributed by atoms with Crippen molar-refractivity contribution in [2.75, 3.05) is 26.4 Å². The van der Waals surface area contributed by atoms with Crippen molar-refractivity contribution in [2.45, 2.75) is 158 Å². The molecular formula is C36H62O18. The zero-order chi connectivity index (χ0) is 40.5. The predicted molar refractivity (Wildman–Crippen MR) is 186 cm³/mol. The zero-order valence-corrected chi connectivity index (χ0v) is 30.9. The molecule has 18 nitrogen and oxygen atoms in total. The number of carbonyl (C=O) groups is 3. The molecule has 12 atom stereocenters. The highest BCUT2D eigenvalue weighted by atomic mass is 16.8. The Balaban J connectivity index is 2.56. The van der Waals surface area contributed by atoms with Gasteiger partial charge in [-0.1, -0.05) is 64.0 Å². The second kappa shape index (κ2) is 23.7. The Morgan fingerprint density at radius 1 is 0.833 bits per heavy atom. The van der Waals surface area contributed by atoms with Gasteiger partial charge in [-0.25, -0.2) is 0 Å². The van der Waals surface area contributed by atoms with Gasteiger partial charge < -0.3 is 75.1 Å². The third kappa shape index (κ3) is 13.1. The minimum absolute atomic E-state index is 0.0592. The van der Waals surface area contributed by atoms with Gasteiger partial charge in [-0.3, -0.25) is 14.4 Å². The van der Waals surface area contributed by atoms with Crippen molar-refractivity contribution in [2.24, 2.45) is 11.3 Å². The van der Waals surface area contributed by atoms with Crippen LogP contribution in [0.1, 0.15) is 96.8 Å². The first kappa shape index (κ1) is 47.8. The number of rotatable bonds is 26. The lowest BCUT2D eigenvalue weighted by Gasteiger charge is -2.41. The van der Waals surface area contributed by atoms with Gasteiger partial charge >= 0.3 is 17.9 Å². The fourth-order valence-electron chi connectivity index (χ4n) is 6.91. The summed E-state index contributed by atoms with van der Waals surface area (Å²) in [4.78, 5) is 39.3.